The molecule has 24 heavy (non-hydrogen) atoms. The summed E-state index contributed by atoms with van der Waals surface area (Å²) in [6, 6.07) is 4.75. The van der Waals surface area contributed by atoms with E-state index in [4.69, 9.17) is 10.3 Å². The molecule has 0 bridgehead atoms. The van der Waals surface area contributed by atoms with Gasteiger partial charge in [-0.2, -0.15) is 18.3 Å². The number of alkyl halides is 3. The van der Waals surface area contributed by atoms with Gasteiger partial charge in [-0.25, -0.2) is 10.3 Å². The third-order valence-electron chi connectivity index (χ3n) is 5.13. The number of carbonyl (C=O) groups is 1. The van der Waals surface area contributed by atoms with Crippen molar-refractivity contribution in [2.45, 2.75) is 49.9 Å². The number of carboxylic acid groups (broad SMARTS) is 1. The molecule has 2 N–H and O–H groups in total. The van der Waals surface area contributed by atoms with Gasteiger partial charge in [-0.3, -0.25) is 0 Å². The van der Waals surface area contributed by atoms with Crippen molar-refractivity contribution in [2.24, 2.45) is 10.5 Å². The third kappa shape index (κ3) is 2.85. The number of halogens is 3. The van der Waals surface area contributed by atoms with E-state index < -0.39 is 23.2 Å². The number of carboxylic acids is 1. The molecule has 2 saturated carbocycles. The molecule has 0 aliphatic heterocycles. The van der Waals surface area contributed by atoms with Crippen molar-refractivity contribution in [3.05, 3.63) is 29.8 Å². The topological polar surface area (TPSA) is 82.7 Å². The zero-order valence-corrected chi connectivity index (χ0v) is 12.8. The minimum absolute atomic E-state index is 0.164. The Hall–Kier alpha value is -2.12. The maximum atomic E-state index is 12.7. The van der Waals surface area contributed by atoms with Crippen molar-refractivity contribution in [3.63, 3.8) is 0 Å². The van der Waals surface area contributed by atoms with Crippen molar-refractivity contribution in [1.82, 2.24) is 0 Å². The molecule has 1 spiro atoms. The number of rotatable bonds is 4. The first kappa shape index (κ1) is 16.7. The van der Waals surface area contributed by atoms with Gasteiger partial charge in [0.1, 0.15) is 5.75 Å². The summed E-state index contributed by atoms with van der Waals surface area (Å²) >= 11 is 0. The Morgan fingerprint density at radius 2 is 2.04 bits per heavy atom. The number of nitrogens with one attached hydrogen (secondary N) is 1. The maximum Gasteiger partial charge on any atom is 0.416 e. The smallest absolute Gasteiger partial charge is 0.416 e. The first-order valence-corrected chi connectivity index (χ1v) is 7.64. The molecular weight excluding hydrogens is 325 g/mol. The molecule has 0 radical (unpaired) electrons. The van der Waals surface area contributed by atoms with E-state index in [0.717, 1.165) is 12.1 Å². The fraction of sp³-hybridized carbons (Fsp3) is 0.562. The van der Waals surface area contributed by atoms with E-state index in [0.29, 0.717) is 32.1 Å². The summed E-state index contributed by atoms with van der Waals surface area (Å²) in [4.78, 5) is 11.3. The predicted molar refractivity (Wildman–Crippen MR) is 76.9 cm³/mol. The van der Waals surface area contributed by atoms with E-state index in [2.05, 4.69) is 5.11 Å². The fourth-order valence-corrected chi connectivity index (χ4v) is 3.87. The number of nitrogens with zero attached hydrogens (tertiary/aromatic N) is 1. The van der Waals surface area contributed by atoms with Gasteiger partial charge in [0.15, 0.2) is 5.54 Å². The highest BCUT2D eigenvalue weighted by Gasteiger charge is 2.58. The highest BCUT2D eigenvalue weighted by molar-refractivity contribution is 5.79. The van der Waals surface area contributed by atoms with Gasteiger partial charge in [-0.05, 0) is 55.7 Å². The zero-order valence-electron chi connectivity index (χ0n) is 12.8. The van der Waals surface area contributed by atoms with Crippen LogP contribution in [-0.4, -0.2) is 22.7 Å². The molecule has 0 heterocycles. The zero-order chi connectivity index (χ0) is 17.6. The molecular formula is C16H17F3N2O3. The second-order valence-electron chi connectivity index (χ2n) is 6.80. The van der Waals surface area contributed by atoms with E-state index in [-0.39, 0.29) is 17.3 Å². The van der Waals surface area contributed by atoms with E-state index in [1.54, 1.807) is 0 Å². The highest BCUT2D eigenvalue weighted by Crippen LogP contribution is 2.58. The summed E-state index contributed by atoms with van der Waals surface area (Å²) in [5, 5.41) is 12.6. The summed E-state index contributed by atoms with van der Waals surface area (Å²) in [5.74, 6) is -0.922. The molecule has 1 atom stereocenters. The van der Waals surface area contributed by atoms with Crippen LogP contribution in [0, 0.1) is 10.9 Å². The largest absolute Gasteiger partial charge is 0.490 e. The van der Waals surface area contributed by atoms with Gasteiger partial charge in [0.2, 0.25) is 0 Å². The Balaban J connectivity index is 1.62. The highest BCUT2D eigenvalue weighted by atomic mass is 19.4. The summed E-state index contributed by atoms with van der Waals surface area (Å²) in [6.07, 6.45) is -2.24. The van der Waals surface area contributed by atoms with E-state index in [9.17, 15) is 23.1 Å². The van der Waals surface area contributed by atoms with Crippen LogP contribution in [0.5, 0.6) is 5.75 Å². The summed E-state index contributed by atoms with van der Waals surface area (Å²) in [7, 11) is 0. The molecule has 0 aromatic heterocycles. The van der Waals surface area contributed by atoms with Crippen molar-refractivity contribution in [2.75, 3.05) is 0 Å². The molecule has 2 fully saturated rings. The maximum absolute atomic E-state index is 12.7. The fourth-order valence-electron chi connectivity index (χ4n) is 3.87. The van der Waals surface area contributed by atoms with Crippen LogP contribution in [0.25, 0.3) is 0 Å². The van der Waals surface area contributed by atoms with Crippen LogP contribution in [0.2, 0.25) is 0 Å². The summed E-state index contributed by atoms with van der Waals surface area (Å²) in [6.45, 7) is 0. The molecule has 2 aliphatic rings. The summed E-state index contributed by atoms with van der Waals surface area (Å²) < 4.78 is 43.7. The van der Waals surface area contributed by atoms with Crippen molar-refractivity contribution in [1.29, 1.82) is 5.53 Å². The molecule has 1 aromatic carbocycles. The van der Waals surface area contributed by atoms with Gasteiger partial charge in [-0.15, -0.1) is 0 Å². The molecule has 1 unspecified atom stereocenters. The van der Waals surface area contributed by atoms with E-state index >= 15 is 0 Å². The number of hydrogen-bond acceptors (Lipinski definition) is 4. The second kappa shape index (κ2) is 5.46. The molecule has 1 aromatic rings. The monoisotopic (exact) mass is 342 g/mol. The van der Waals surface area contributed by atoms with Gasteiger partial charge in [0, 0.05) is 0 Å². The lowest BCUT2D eigenvalue weighted by atomic mass is 9.64. The van der Waals surface area contributed by atoms with Gasteiger partial charge >= 0.3 is 12.1 Å². The van der Waals surface area contributed by atoms with Gasteiger partial charge in [0.25, 0.3) is 0 Å². The average Bonchev–Trinajstić information content (AvgIpc) is 2.88. The second-order valence-corrected chi connectivity index (χ2v) is 6.80. The Morgan fingerprint density at radius 1 is 1.33 bits per heavy atom. The molecule has 130 valence electrons. The lowest BCUT2D eigenvalue weighted by molar-refractivity contribution is -0.144. The van der Waals surface area contributed by atoms with Crippen molar-refractivity contribution in [3.8, 4) is 5.75 Å². The number of benzene rings is 1. The number of aliphatic carboxylic acids is 1. The minimum Gasteiger partial charge on any atom is -0.490 e. The standard InChI is InChI=1S/C16H17F3N2O3/c17-16(18,19)10-2-1-3-11(6-10)24-12-7-14(8-12)4-5-15(9-14,21-20)13(22)23/h1-3,6,12,20H,4-5,7-9H2,(H,22,23). The van der Waals surface area contributed by atoms with Crippen molar-refractivity contribution < 1.29 is 27.8 Å². The van der Waals surface area contributed by atoms with E-state index in [1.807, 2.05) is 0 Å². The van der Waals surface area contributed by atoms with Crippen LogP contribution < -0.4 is 4.74 Å². The van der Waals surface area contributed by atoms with Crippen LogP contribution in [0.1, 0.15) is 37.7 Å². The normalized spacial score (nSPS) is 32.4. The molecule has 5 nitrogen and oxygen atoms in total. The molecule has 8 heteroatoms. The van der Waals surface area contributed by atoms with Gasteiger partial charge < -0.3 is 9.84 Å². The SMILES string of the molecule is N=NC1(C(=O)O)CCC2(CC(Oc3cccc(C(F)(F)F)c3)C2)C1. The third-order valence-corrected chi connectivity index (χ3v) is 5.13. The van der Waals surface area contributed by atoms with Gasteiger partial charge in [-0.1, -0.05) is 6.07 Å². The molecule has 0 saturated heterocycles. The summed E-state index contributed by atoms with van der Waals surface area (Å²) in [5.41, 5.74) is 4.84. The Labute approximate surface area is 136 Å². The first-order chi connectivity index (χ1) is 11.2. The van der Waals surface area contributed by atoms with Crippen LogP contribution in [0.3, 0.4) is 0 Å². The van der Waals surface area contributed by atoms with E-state index in [1.165, 1.54) is 12.1 Å². The Kier molecular flexibility index (Phi) is 3.80. The first-order valence-electron chi connectivity index (χ1n) is 7.64. The molecule has 2 aliphatic carbocycles. The molecule has 3 rings (SSSR count). The average molecular weight is 342 g/mol. The lowest BCUT2D eigenvalue weighted by Crippen LogP contribution is -2.45. The minimum atomic E-state index is -4.41. The van der Waals surface area contributed by atoms with Crippen LogP contribution in [0.4, 0.5) is 13.2 Å². The Bertz CT molecular complexity index is 671. The predicted octanol–water partition coefficient (Wildman–Crippen LogP) is 4.27. The molecule has 0 amide bonds. The van der Waals surface area contributed by atoms with Crippen LogP contribution >= 0.6 is 0 Å². The van der Waals surface area contributed by atoms with Crippen LogP contribution in [-0.2, 0) is 11.0 Å². The number of hydrogen-bond donors (Lipinski definition) is 2. The Morgan fingerprint density at radius 3 is 2.58 bits per heavy atom. The van der Waals surface area contributed by atoms with Crippen LogP contribution in [0.15, 0.2) is 29.4 Å². The number of ether oxygens (including phenoxy) is 1. The van der Waals surface area contributed by atoms with Gasteiger partial charge in [0.05, 0.1) is 11.7 Å². The lowest BCUT2D eigenvalue weighted by Gasteiger charge is -2.45. The van der Waals surface area contributed by atoms with Crippen molar-refractivity contribution >= 4 is 5.97 Å². The quantitative estimate of drug-likeness (QED) is 0.802.